The normalized spacial score (nSPS) is 19.4. The summed E-state index contributed by atoms with van der Waals surface area (Å²) in [5.41, 5.74) is 0.101. The van der Waals surface area contributed by atoms with Crippen LogP contribution in [0.25, 0.3) is 0 Å². The van der Waals surface area contributed by atoms with Gasteiger partial charge in [-0.25, -0.2) is 0 Å². The van der Waals surface area contributed by atoms with Gasteiger partial charge < -0.3 is 10.4 Å². The third-order valence-corrected chi connectivity index (χ3v) is 3.44. The van der Waals surface area contributed by atoms with Crippen LogP contribution in [0.4, 0.5) is 0 Å². The van der Waals surface area contributed by atoms with Gasteiger partial charge in [-0.2, -0.15) is 0 Å². The fourth-order valence-electron chi connectivity index (χ4n) is 1.81. The van der Waals surface area contributed by atoms with Gasteiger partial charge in [0.15, 0.2) is 0 Å². The second kappa shape index (κ2) is 4.74. The Morgan fingerprint density at radius 3 is 2.81 bits per heavy atom. The zero-order valence-corrected chi connectivity index (χ0v) is 10.3. The van der Waals surface area contributed by atoms with E-state index in [1.165, 1.54) is 12.8 Å². The molecule has 0 bridgehead atoms. The number of aliphatic hydroxyl groups is 1. The molecule has 1 saturated carbocycles. The van der Waals surface area contributed by atoms with Crippen molar-refractivity contribution in [2.24, 2.45) is 0 Å². The summed E-state index contributed by atoms with van der Waals surface area (Å²) in [7, 11) is 0. The van der Waals surface area contributed by atoms with Crippen LogP contribution in [0.3, 0.4) is 0 Å². The van der Waals surface area contributed by atoms with Gasteiger partial charge in [0, 0.05) is 17.6 Å². The van der Waals surface area contributed by atoms with E-state index in [1.807, 2.05) is 31.2 Å². The van der Waals surface area contributed by atoms with E-state index in [1.54, 1.807) is 0 Å². The number of rotatable bonds is 5. The van der Waals surface area contributed by atoms with Crippen molar-refractivity contribution >= 4 is 11.6 Å². The summed E-state index contributed by atoms with van der Waals surface area (Å²) < 4.78 is 0. The van der Waals surface area contributed by atoms with Crippen molar-refractivity contribution in [1.29, 1.82) is 0 Å². The van der Waals surface area contributed by atoms with Crippen LogP contribution in [-0.2, 0) is 5.60 Å². The fourth-order valence-corrected chi connectivity index (χ4v) is 2.00. The molecule has 1 aromatic carbocycles. The monoisotopic (exact) mass is 239 g/mol. The lowest BCUT2D eigenvalue weighted by atomic mass is 9.91. The highest BCUT2D eigenvalue weighted by Gasteiger charge is 2.30. The Balaban J connectivity index is 2.11. The summed E-state index contributed by atoms with van der Waals surface area (Å²) in [6.07, 6.45) is 3.15. The van der Waals surface area contributed by atoms with Crippen molar-refractivity contribution in [3.63, 3.8) is 0 Å². The molecule has 1 aliphatic rings. The maximum Gasteiger partial charge on any atom is 0.102 e. The average molecular weight is 240 g/mol. The molecule has 1 fully saturated rings. The first kappa shape index (κ1) is 11.9. The molecule has 16 heavy (non-hydrogen) atoms. The standard InChI is InChI=1S/C13H18ClNO/c1-2-13(16,9-15-12-6-7-12)10-4-3-5-11(14)8-10/h3-5,8,12,15-16H,2,6-7,9H2,1H3. The van der Waals surface area contributed by atoms with Gasteiger partial charge in [-0.05, 0) is 37.0 Å². The molecule has 1 aromatic rings. The van der Waals surface area contributed by atoms with Gasteiger partial charge in [0.1, 0.15) is 5.60 Å². The Morgan fingerprint density at radius 2 is 2.25 bits per heavy atom. The second-order valence-corrected chi connectivity index (χ2v) is 4.99. The number of benzene rings is 1. The molecule has 1 aliphatic carbocycles. The van der Waals surface area contributed by atoms with E-state index in [9.17, 15) is 5.11 Å². The summed E-state index contributed by atoms with van der Waals surface area (Å²) in [5.74, 6) is 0. The van der Waals surface area contributed by atoms with E-state index in [2.05, 4.69) is 5.32 Å². The number of nitrogens with one attached hydrogen (secondary N) is 1. The van der Waals surface area contributed by atoms with Gasteiger partial charge >= 0.3 is 0 Å². The number of hydrogen-bond donors (Lipinski definition) is 2. The van der Waals surface area contributed by atoms with Gasteiger partial charge in [0.2, 0.25) is 0 Å². The first-order chi connectivity index (χ1) is 7.64. The molecule has 0 radical (unpaired) electrons. The van der Waals surface area contributed by atoms with Crippen molar-refractivity contribution < 1.29 is 5.11 Å². The van der Waals surface area contributed by atoms with Crippen molar-refractivity contribution in [3.05, 3.63) is 34.9 Å². The molecule has 88 valence electrons. The Kier molecular flexibility index (Phi) is 3.53. The first-order valence-corrected chi connectivity index (χ1v) is 6.23. The molecule has 0 heterocycles. The van der Waals surface area contributed by atoms with E-state index in [4.69, 9.17) is 11.6 Å². The quantitative estimate of drug-likeness (QED) is 0.828. The van der Waals surface area contributed by atoms with Crippen LogP contribution in [0.1, 0.15) is 31.7 Å². The Morgan fingerprint density at radius 1 is 1.50 bits per heavy atom. The molecule has 0 aliphatic heterocycles. The molecule has 0 spiro atoms. The second-order valence-electron chi connectivity index (χ2n) is 4.55. The van der Waals surface area contributed by atoms with Crippen LogP contribution in [0.2, 0.25) is 5.02 Å². The summed E-state index contributed by atoms with van der Waals surface area (Å²) in [4.78, 5) is 0. The lowest BCUT2D eigenvalue weighted by Crippen LogP contribution is -2.38. The Labute approximate surface area is 102 Å². The predicted octanol–water partition coefficient (Wildman–Crippen LogP) is 2.69. The van der Waals surface area contributed by atoms with Gasteiger partial charge in [-0.1, -0.05) is 30.7 Å². The maximum absolute atomic E-state index is 10.6. The maximum atomic E-state index is 10.6. The zero-order valence-electron chi connectivity index (χ0n) is 9.54. The smallest absolute Gasteiger partial charge is 0.102 e. The van der Waals surface area contributed by atoms with Gasteiger partial charge in [0.05, 0.1) is 0 Å². The number of halogens is 1. The largest absolute Gasteiger partial charge is 0.384 e. The minimum atomic E-state index is -0.798. The van der Waals surface area contributed by atoms with Crippen LogP contribution in [0.5, 0.6) is 0 Å². The van der Waals surface area contributed by atoms with Gasteiger partial charge in [0.25, 0.3) is 0 Å². The van der Waals surface area contributed by atoms with Crippen molar-refractivity contribution in [2.45, 2.75) is 37.8 Å². The van der Waals surface area contributed by atoms with Crippen LogP contribution in [0, 0.1) is 0 Å². The zero-order chi connectivity index (χ0) is 11.6. The SMILES string of the molecule is CCC(O)(CNC1CC1)c1cccc(Cl)c1. The third kappa shape index (κ3) is 2.76. The van der Waals surface area contributed by atoms with Crippen LogP contribution >= 0.6 is 11.6 Å². The third-order valence-electron chi connectivity index (χ3n) is 3.21. The molecule has 2 N–H and O–H groups in total. The molecule has 0 saturated heterocycles. The first-order valence-electron chi connectivity index (χ1n) is 5.86. The van der Waals surface area contributed by atoms with E-state index in [-0.39, 0.29) is 0 Å². The minimum absolute atomic E-state index is 0.606. The molecular weight excluding hydrogens is 222 g/mol. The van der Waals surface area contributed by atoms with E-state index in [0.717, 1.165) is 5.56 Å². The van der Waals surface area contributed by atoms with Gasteiger partial charge in [-0.3, -0.25) is 0 Å². The molecule has 2 nitrogen and oxygen atoms in total. The Bertz CT molecular complexity index is 365. The molecule has 1 atom stereocenters. The Hall–Kier alpha value is -0.570. The highest BCUT2D eigenvalue weighted by atomic mass is 35.5. The minimum Gasteiger partial charge on any atom is -0.384 e. The van der Waals surface area contributed by atoms with Crippen molar-refractivity contribution in [3.8, 4) is 0 Å². The molecule has 0 amide bonds. The van der Waals surface area contributed by atoms with Gasteiger partial charge in [-0.15, -0.1) is 0 Å². The highest BCUT2D eigenvalue weighted by molar-refractivity contribution is 6.30. The van der Waals surface area contributed by atoms with Crippen molar-refractivity contribution in [2.75, 3.05) is 6.54 Å². The highest BCUT2D eigenvalue weighted by Crippen LogP contribution is 2.28. The summed E-state index contributed by atoms with van der Waals surface area (Å²) >= 11 is 5.95. The molecule has 2 rings (SSSR count). The number of hydrogen-bond acceptors (Lipinski definition) is 2. The van der Waals surface area contributed by atoms with Crippen LogP contribution in [-0.4, -0.2) is 17.7 Å². The van der Waals surface area contributed by atoms with Crippen LogP contribution < -0.4 is 5.32 Å². The lowest BCUT2D eigenvalue weighted by molar-refractivity contribution is 0.0323. The molecular formula is C13H18ClNO. The fraction of sp³-hybridized carbons (Fsp3) is 0.538. The van der Waals surface area contributed by atoms with Crippen LogP contribution in [0.15, 0.2) is 24.3 Å². The topological polar surface area (TPSA) is 32.3 Å². The lowest BCUT2D eigenvalue weighted by Gasteiger charge is -2.28. The summed E-state index contributed by atoms with van der Waals surface area (Å²) in [5, 5.41) is 14.6. The molecule has 0 aromatic heterocycles. The average Bonchev–Trinajstić information content (AvgIpc) is 3.10. The summed E-state index contributed by atoms with van der Waals surface area (Å²) in [6, 6.07) is 8.10. The predicted molar refractivity (Wildman–Crippen MR) is 66.7 cm³/mol. The van der Waals surface area contributed by atoms with E-state index < -0.39 is 5.60 Å². The van der Waals surface area contributed by atoms with E-state index >= 15 is 0 Å². The molecule has 3 heteroatoms. The van der Waals surface area contributed by atoms with Crippen molar-refractivity contribution in [1.82, 2.24) is 5.32 Å². The molecule has 1 unspecified atom stereocenters. The van der Waals surface area contributed by atoms with E-state index in [0.29, 0.717) is 24.0 Å². The summed E-state index contributed by atoms with van der Waals surface area (Å²) in [6.45, 7) is 2.60.